The molecule has 1 aromatic rings. The first-order valence-corrected chi connectivity index (χ1v) is 21.0. The minimum absolute atomic E-state index is 0.0643. The summed E-state index contributed by atoms with van der Waals surface area (Å²) in [6.45, 7) is 6.49. The number of nitrogens with two attached hydrogens (primary N) is 5. The van der Waals surface area contributed by atoms with Gasteiger partial charge in [-0.3, -0.25) is 34.6 Å². The van der Waals surface area contributed by atoms with Gasteiger partial charge in [-0.15, -0.1) is 0 Å². The summed E-state index contributed by atoms with van der Waals surface area (Å²) in [4.78, 5) is 61.8. The normalized spacial score (nSPS) is 12.5. The number of amidine groups is 1. The van der Waals surface area contributed by atoms with Crippen molar-refractivity contribution in [1.29, 1.82) is 5.41 Å². The molecule has 322 valence electrons. The van der Waals surface area contributed by atoms with E-state index in [0.717, 1.165) is 31.2 Å². The van der Waals surface area contributed by atoms with Gasteiger partial charge in [-0.1, -0.05) is 122 Å². The lowest BCUT2D eigenvalue weighted by Gasteiger charge is -2.27. The summed E-state index contributed by atoms with van der Waals surface area (Å²) in [5.41, 5.74) is 28.7. The number of carbonyl (C=O) groups is 4. The second-order valence-electron chi connectivity index (χ2n) is 15.1. The van der Waals surface area contributed by atoms with Crippen molar-refractivity contribution in [2.24, 2.45) is 44.6 Å². The highest BCUT2D eigenvalue weighted by Crippen LogP contribution is 2.14. The van der Waals surface area contributed by atoms with Crippen LogP contribution in [0, 0.1) is 11.3 Å². The van der Waals surface area contributed by atoms with Gasteiger partial charge in [-0.2, -0.15) is 0 Å². The summed E-state index contributed by atoms with van der Waals surface area (Å²) in [6, 6.07) is 3.98. The van der Waals surface area contributed by atoms with E-state index < -0.39 is 35.8 Å². The fourth-order valence-corrected chi connectivity index (χ4v) is 6.28. The third-order valence-corrected chi connectivity index (χ3v) is 9.66. The smallest absolute Gasteiger partial charge is 0.243 e. The summed E-state index contributed by atoms with van der Waals surface area (Å²) < 4.78 is 0. The van der Waals surface area contributed by atoms with E-state index in [4.69, 9.17) is 34.1 Å². The molecule has 3 atom stereocenters. The summed E-state index contributed by atoms with van der Waals surface area (Å²) in [5, 5.41) is 18.9. The van der Waals surface area contributed by atoms with E-state index in [2.05, 4.69) is 38.2 Å². The molecular weight excluding hydrogens is 725 g/mol. The highest BCUT2D eigenvalue weighted by atomic mass is 16.2. The number of hydrogen-bond acceptors (Lipinski definition) is 7. The molecule has 0 bridgehead atoms. The van der Waals surface area contributed by atoms with Crippen LogP contribution in [0.2, 0.25) is 0 Å². The number of guanidine groups is 2. The van der Waals surface area contributed by atoms with E-state index in [9.17, 15) is 19.2 Å². The van der Waals surface area contributed by atoms with Gasteiger partial charge < -0.3 is 49.9 Å². The van der Waals surface area contributed by atoms with Crippen LogP contribution in [-0.4, -0.2) is 72.6 Å². The maximum Gasteiger partial charge on any atom is 0.243 e. The lowest BCUT2D eigenvalue weighted by Crippen LogP contribution is -2.58. The van der Waals surface area contributed by atoms with Gasteiger partial charge >= 0.3 is 0 Å². The number of unbranched alkanes of at least 4 members (excludes halogenated alkanes) is 12. The maximum absolute atomic E-state index is 13.7. The van der Waals surface area contributed by atoms with Crippen LogP contribution >= 0.6 is 0 Å². The molecule has 0 aromatic heterocycles. The Hall–Kier alpha value is -4.89. The molecule has 16 nitrogen and oxygen atoms in total. The van der Waals surface area contributed by atoms with Crippen molar-refractivity contribution in [2.75, 3.05) is 13.1 Å². The van der Waals surface area contributed by atoms with Crippen LogP contribution in [0.4, 0.5) is 0 Å². The van der Waals surface area contributed by atoms with E-state index in [1.165, 1.54) is 57.8 Å². The monoisotopic (exact) mass is 799 g/mol. The molecule has 0 aliphatic carbocycles. The number of nitrogens with zero attached hydrogens (tertiary/aromatic N) is 2. The molecule has 0 radical (unpaired) electrons. The lowest BCUT2D eigenvalue weighted by atomic mass is 10.0. The maximum atomic E-state index is 13.7. The molecule has 0 aliphatic rings. The minimum Gasteiger partial charge on any atom is -0.384 e. The number of nitrogen functional groups attached to an aromatic ring is 1. The number of nitrogens with one attached hydrogen (secondary N) is 5. The van der Waals surface area contributed by atoms with E-state index in [0.29, 0.717) is 24.8 Å². The van der Waals surface area contributed by atoms with Gasteiger partial charge in [0.2, 0.25) is 23.6 Å². The van der Waals surface area contributed by atoms with Crippen LogP contribution in [0.25, 0.3) is 0 Å². The van der Waals surface area contributed by atoms with Crippen LogP contribution in [0.5, 0.6) is 0 Å². The average Bonchev–Trinajstić information content (AvgIpc) is 3.16. The number of benzene rings is 1. The largest absolute Gasteiger partial charge is 0.384 e. The van der Waals surface area contributed by atoms with Crippen LogP contribution in [0.1, 0.15) is 147 Å². The first kappa shape index (κ1) is 50.1. The Kier molecular flexibility index (Phi) is 26.6. The number of aliphatic imine (C=N–C) groups is 2. The van der Waals surface area contributed by atoms with Gasteiger partial charge in [0, 0.05) is 31.6 Å². The fraction of sp³-hybridized carbons (Fsp3) is 0.683. The SMILES string of the molecule is CCCCCCCCCCCCCCCC(=O)N[C@@H](CCCN=C(N)N)C(=O)N[C@H](C(=O)N[C@@H](CCCN=C(N)N)C(=O)NCc1ccc(C(=N)N)cc1)C(C)C. The quantitative estimate of drug-likeness (QED) is 0.0290. The molecule has 4 amide bonds. The predicted molar refractivity (Wildman–Crippen MR) is 230 cm³/mol. The van der Waals surface area contributed by atoms with Crippen molar-refractivity contribution in [3.8, 4) is 0 Å². The molecule has 0 fully saturated rings. The zero-order chi connectivity index (χ0) is 42.4. The minimum atomic E-state index is -1.01. The Labute approximate surface area is 340 Å². The third-order valence-electron chi connectivity index (χ3n) is 9.66. The van der Waals surface area contributed by atoms with Crippen LogP contribution in [0.15, 0.2) is 34.3 Å². The zero-order valence-electron chi connectivity index (χ0n) is 34.9. The first-order valence-electron chi connectivity index (χ1n) is 21.0. The molecule has 16 heteroatoms. The van der Waals surface area contributed by atoms with Crippen molar-refractivity contribution in [3.63, 3.8) is 0 Å². The van der Waals surface area contributed by atoms with Gasteiger partial charge in [0.1, 0.15) is 24.0 Å². The van der Waals surface area contributed by atoms with Gasteiger partial charge in [0.25, 0.3) is 0 Å². The van der Waals surface area contributed by atoms with Crippen molar-refractivity contribution in [2.45, 2.75) is 161 Å². The molecule has 0 saturated carbocycles. The van der Waals surface area contributed by atoms with Gasteiger partial charge in [0.15, 0.2) is 11.9 Å². The summed E-state index contributed by atoms with van der Waals surface area (Å²) in [5.74, 6) is -2.32. The zero-order valence-corrected chi connectivity index (χ0v) is 34.9. The van der Waals surface area contributed by atoms with Crippen LogP contribution in [-0.2, 0) is 25.7 Å². The van der Waals surface area contributed by atoms with Crippen LogP contribution in [0.3, 0.4) is 0 Å². The van der Waals surface area contributed by atoms with E-state index in [1.54, 1.807) is 38.1 Å². The first-order chi connectivity index (χ1) is 27.2. The number of amides is 4. The number of hydrogen-bond donors (Lipinski definition) is 10. The topological polar surface area (TPSA) is 295 Å². The fourth-order valence-electron chi connectivity index (χ4n) is 6.28. The second kappa shape index (κ2) is 30.3. The number of carbonyl (C=O) groups excluding carboxylic acids is 4. The molecule has 57 heavy (non-hydrogen) atoms. The van der Waals surface area contributed by atoms with Crippen molar-refractivity contribution < 1.29 is 19.2 Å². The van der Waals surface area contributed by atoms with Crippen LogP contribution < -0.4 is 49.9 Å². The van der Waals surface area contributed by atoms with E-state index in [1.807, 2.05) is 0 Å². The Morgan fingerprint density at radius 1 is 0.614 bits per heavy atom. The van der Waals surface area contributed by atoms with Gasteiger partial charge in [-0.05, 0) is 43.6 Å². The van der Waals surface area contributed by atoms with Gasteiger partial charge in [0.05, 0.1) is 0 Å². The van der Waals surface area contributed by atoms with E-state index in [-0.39, 0.29) is 62.1 Å². The Morgan fingerprint density at radius 2 is 1.09 bits per heavy atom. The molecule has 1 rings (SSSR count). The average molecular weight is 799 g/mol. The summed E-state index contributed by atoms with van der Waals surface area (Å²) in [6.07, 6.45) is 17.2. The summed E-state index contributed by atoms with van der Waals surface area (Å²) >= 11 is 0. The number of rotatable bonds is 32. The highest BCUT2D eigenvalue weighted by molar-refractivity contribution is 5.95. The molecular formula is C41H74N12O4. The lowest BCUT2D eigenvalue weighted by molar-refractivity contribution is -0.134. The molecule has 1 aromatic carbocycles. The predicted octanol–water partition coefficient (Wildman–Crippen LogP) is 3.29. The Bertz CT molecular complexity index is 1390. The third kappa shape index (κ3) is 24.4. The van der Waals surface area contributed by atoms with Crippen molar-refractivity contribution in [1.82, 2.24) is 21.3 Å². The Balaban J connectivity index is 2.84. The molecule has 0 heterocycles. The molecule has 15 N–H and O–H groups in total. The second-order valence-corrected chi connectivity index (χ2v) is 15.1. The molecule has 0 saturated heterocycles. The summed E-state index contributed by atoms with van der Waals surface area (Å²) in [7, 11) is 0. The highest BCUT2D eigenvalue weighted by Gasteiger charge is 2.31. The standard InChI is InChI=1S/C41H74N12O4/c1-4-5-6-7-8-9-10-11-12-13-14-15-16-21-34(54)51-33(20-18-27-49-41(46)47)38(56)53-35(29(2)3)39(57)52-32(19-17-26-48-40(44)45)37(55)50-28-30-22-24-31(25-23-30)36(42)43/h22-25,29,32-33,35H,4-21,26-28H2,1-3H3,(H3,42,43)(H,50,55)(H,51,54)(H,52,57)(H,53,56)(H4,44,45,48)(H4,46,47,49)/t32-,33-,35-/m0/s1. The van der Waals surface area contributed by atoms with Gasteiger partial charge in [-0.25, -0.2) is 0 Å². The molecule has 0 spiro atoms. The van der Waals surface area contributed by atoms with Crippen molar-refractivity contribution in [3.05, 3.63) is 35.4 Å². The van der Waals surface area contributed by atoms with E-state index >= 15 is 0 Å². The van der Waals surface area contributed by atoms with Crippen molar-refractivity contribution >= 4 is 41.4 Å². The molecule has 0 aliphatic heterocycles. The Morgan fingerprint density at radius 3 is 1.54 bits per heavy atom. The molecule has 0 unspecified atom stereocenters.